The summed E-state index contributed by atoms with van der Waals surface area (Å²) in [5.74, 6) is -1.92. The maximum absolute atomic E-state index is 13.9. The molecule has 1 aromatic carbocycles. The van der Waals surface area contributed by atoms with Crippen LogP contribution in [0.5, 0.6) is 0 Å². The third-order valence-electron chi connectivity index (χ3n) is 8.57. The Bertz CT molecular complexity index is 1060. The third kappa shape index (κ3) is 4.87. The molecule has 36 heavy (non-hydrogen) atoms. The highest BCUT2D eigenvalue weighted by Crippen LogP contribution is 2.38. The number of nitrogens with one attached hydrogen (secondary N) is 4. The quantitative estimate of drug-likeness (QED) is 0.278. The van der Waals surface area contributed by atoms with Crippen LogP contribution in [0, 0.1) is 14.9 Å². The molecule has 4 amide bonds. The first-order valence-corrected chi connectivity index (χ1v) is 14.2. The van der Waals surface area contributed by atoms with E-state index in [1.54, 1.807) is 13.0 Å². The van der Waals surface area contributed by atoms with Crippen molar-refractivity contribution in [2.24, 2.45) is 11.3 Å². The molecule has 196 valence electrons. The molecule has 4 rings (SSSR count). The Morgan fingerprint density at radius 2 is 1.14 bits per heavy atom. The summed E-state index contributed by atoms with van der Waals surface area (Å²) < 4.78 is 0.903. The van der Waals surface area contributed by atoms with Crippen molar-refractivity contribution in [3.05, 3.63) is 21.8 Å². The monoisotopic (exact) mass is 608 g/mol. The smallest absolute Gasteiger partial charge is 0.250 e. The van der Waals surface area contributed by atoms with Crippen molar-refractivity contribution in [3.63, 3.8) is 0 Å². The van der Waals surface area contributed by atoms with Crippen molar-refractivity contribution >= 4 is 57.6 Å². The Balaban J connectivity index is 1.85. The van der Waals surface area contributed by atoms with Gasteiger partial charge < -0.3 is 21.3 Å². The first kappa shape index (κ1) is 26.9. The average molecular weight is 609 g/mol. The molecule has 2 aliphatic carbocycles. The lowest BCUT2D eigenvalue weighted by atomic mass is 9.73. The van der Waals surface area contributed by atoms with Gasteiger partial charge in [-0.25, -0.2) is 0 Å². The summed E-state index contributed by atoms with van der Waals surface area (Å²) >= 11 is 2.17. The highest BCUT2D eigenvalue weighted by molar-refractivity contribution is 14.1. The van der Waals surface area contributed by atoms with E-state index >= 15 is 0 Å². The SMILES string of the molecule is CC(C)[C@]1(C)C(=O)NC2(CCCCC2)C(=O)Nc2ccc(I)cc2NC(=O)C2(CCCCC2)NC1=O. The van der Waals surface area contributed by atoms with E-state index in [0.717, 1.165) is 42.1 Å². The van der Waals surface area contributed by atoms with E-state index in [-0.39, 0.29) is 17.7 Å². The fraction of sp³-hybridized carbons (Fsp3) is 0.630. The molecule has 1 heterocycles. The minimum atomic E-state index is -1.45. The predicted octanol–water partition coefficient (Wildman–Crippen LogP) is 4.48. The van der Waals surface area contributed by atoms with Gasteiger partial charge in [0.15, 0.2) is 0 Å². The van der Waals surface area contributed by atoms with Crippen LogP contribution >= 0.6 is 22.6 Å². The number of fused-ring (bicyclic) bond motifs is 1. The molecule has 0 unspecified atom stereocenters. The van der Waals surface area contributed by atoms with E-state index in [2.05, 4.69) is 43.9 Å². The Kier molecular flexibility index (Phi) is 7.69. The standard InChI is InChI=1S/C27H37IN4O4/c1-17(2)25(3)21(33)31-26(12-6-4-7-13-26)23(35)29-19-11-10-18(28)16-20(19)30-24(36)27(32-22(25)34)14-8-5-9-15-27/h10-11,16-17H,4-9,12-15H2,1-3H3,(H,29,35)(H,30,36)(H,31,33)(H,32,34)/t25-/m1/s1. The molecule has 0 aromatic heterocycles. The topological polar surface area (TPSA) is 116 Å². The summed E-state index contributed by atoms with van der Waals surface area (Å²) in [5, 5.41) is 12.1. The van der Waals surface area contributed by atoms with E-state index < -0.39 is 28.3 Å². The fourth-order valence-corrected chi connectivity index (χ4v) is 6.15. The van der Waals surface area contributed by atoms with Crippen LogP contribution in [0.4, 0.5) is 11.4 Å². The largest absolute Gasteiger partial charge is 0.341 e. The van der Waals surface area contributed by atoms with Gasteiger partial charge in [0.25, 0.3) is 0 Å². The van der Waals surface area contributed by atoms with Gasteiger partial charge in [0, 0.05) is 3.57 Å². The molecule has 0 radical (unpaired) electrons. The number of rotatable bonds is 1. The van der Waals surface area contributed by atoms with Crippen molar-refractivity contribution in [2.45, 2.75) is 96.1 Å². The van der Waals surface area contributed by atoms with Gasteiger partial charge in [-0.15, -0.1) is 0 Å². The number of hydrogen-bond acceptors (Lipinski definition) is 4. The van der Waals surface area contributed by atoms with Gasteiger partial charge in [0.1, 0.15) is 16.5 Å². The van der Waals surface area contributed by atoms with Gasteiger partial charge in [-0.05, 0) is 79.3 Å². The Hall–Kier alpha value is -2.17. The Morgan fingerprint density at radius 3 is 1.58 bits per heavy atom. The molecule has 0 bridgehead atoms. The zero-order chi connectivity index (χ0) is 26.1. The second-order valence-electron chi connectivity index (χ2n) is 11.1. The van der Waals surface area contributed by atoms with Crippen LogP contribution in [0.1, 0.15) is 85.0 Å². The molecule has 2 spiro atoms. The molecule has 9 heteroatoms. The first-order chi connectivity index (χ1) is 17.0. The van der Waals surface area contributed by atoms with Gasteiger partial charge >= 0.3 is 0 Å². The van der Waals surface area contributed by atoms with Crippen molar-refractivity contribution in [3.8, 4) is 0 Å². The van der Waals surface area contributed by atoms with E-state index in [4.69, 9.17) is 0 Å². The van der Waals surface area contributed by atoms with Crippen LogP contribution in [0.2, 0.25) is 0 Å². The molecule has 1 aromatic rings. The molecule has 2 fully saturated rings. The summed E-state index contributed by atoms with van der Waals surface area (Å²) in [4.78, 5) is 55.4. The zero-order valence-electron chi connectivity index (χ0n) is 21.4. The first-order valence-electron chi connectivity index (χ1n) is 13.1. The average Bonchev–Trinajstić information content (AvgIpc) is 2.85. The molecular weight excluding hydrogens is 571 g/mol. The van der Waals surface area contributed by atoms with Crippen LogP contribution in [-0.4, -0.2) is 34.7 Å². The van der Waals surface area contributed by atoms with Crippen LogP contribution < -0.4 is 21.3 Å². The number of halogens is 1. The van der Waals surface area contributed by atoms with E-state index in [1.807, 2.05) is 26.0 Å². The molecule has 1 atom stereocenters. The van der Waals surface area contributed by atoms with Crippen molar-refractivity contribution in [2.75, 3.05) is 10.6 Å². The molecular formula is C27H37IN4O4. The van der Waals surface area contributed by atoms with E-state index in [1.165, 1.54) is 0 Å². The fourth-order valence-electron chi connectivity index (χ4n) is 5.66. The summed E-state index contributed by atoms with van der Waals surface area (Å²) in [6.07, 6.45) is 7.17. The zero-order valence-corrected chi connectivity index (χ0v) is 23.5. The maximum Gasteiger partial charge on any atom is 0.250 e. The van der Waals surface area contributed by atoms with Gasteiger partial charge in [0.05, 0.1) is 11.4 Å². The summed E-state index contributed by atoms with van der Waals surface area (Å²) in [5.41, 5.74) is -2.72. The normalized spacial score (nSPS) is 26.6. The lowest BCUT2D eigenvalue weighted by Crippen LogP contribution is -2.66. The van der Waals surface area contributed by atoms with Crippen LogP contribution in [0.15, 0.2) is 18.2 Å². The van der Waals surface area contributed by atoms with Gasteiger partial charge in [-0.3, -0.25) is 19.2 Å². The number of carbonyl (C=O) groups excluding carboxylic acids is 4. The number of carbonyl (C=O) groups is 4. The molecule has 4 N–H and O–H groups in total. The Labute approximate surface area is 226 Å². The number of anilines is 2. The molecule has 1 aliphatic heterocycles. The lowest BCUT2D eigenvalue weighted by molar-refractivity contribution is -0.151. The van der Waals surface area contributed by atoms with Crippen molar-refractivity contribution in [1.82, 2.24) is 10.6 Å². The molecule has 0 saturated heterocycles. The second-order valence-corrected chi connectivity index (χ2v) is 12.4. The molecule has 2 saturated carbocycles. The predicted molar refractivity (Wildman–Crippen MR) is 147 cm³/mol. The van der Waals surface area contributed by atoms with E-state index in [0.29, 0.717) is 37.1 Å². The van der Waals surface area contributed by atoms with Crippen molar-refractivity contribution < 1.29 is 19.2 Å². The minimum absolute atomic E-state index is 0.314. The summed E-state index contributed by atoms with van der Waals surface area (Å²) in [6.45, 7) is 5.29. The van der Waals surface area contributed by atoms with Crippen molar-refractivity contribution in [1.29, 1.82) is 0 Å². The summed E-state index contributed by atoms with van der Waals surface area (Å²) in [6, 6.07) is 5.46. The van der Waals surface area contributed by atoms with E-state index in [9.17, 15) is 19.2 Å². The highest BCUT2D eigenvalue weighted by atomic mass is 127. The van der Waals surface area contributed by atoms with Crippen LogP contribution in [0.3, 0.4) is 0 Å². The Morgan fingerprint density at radius 1 is 0.694 bits per heavy atom. The number of hydrogen-bond donors (Lipinski definition) is 4. The second kappa shape index (κ2) is 10.3. The highest BCUT2D eigenvalue weighted by Gasteiger charge is 2.52. The minimum Gasteiger partial charge on any atom is -0.341 e. The number of amides is 4. The lowest BCUT2D eigenvalue weighted by Gasteiger charge is -2.42. The van der Waals surface area contributed by atoms with Gasteiger partial charge in [0.2, 0.25) is 23.6 Å². The van der Waals surface area contributed by atoms with Crippen LogP contribution in [-0.2, 0) is 19.2 Å². The third-order valence-corrected chi connectivity index (χ3v) is 9.24. The summed E-state index contributed by atoms with van der Waals surface area (Å²) in [7, 11) is 0. The van der Waals surface area contributed by atoms with Gasteiger partial charge in [-0.2, -0.15) is 0 Å². The number of benzene rings is 1. The maximum atomic E-state index is 13.9. The molecule has 3 aliphatic rings. The van der Waals surface area contributed by atoms with Crippen LogP contribution in [0.25, 0.3) is 0 Å². The molecule has 8 nitrogen and oxygen atoms in total. The van der Waals surface area contributed by atoms with Gasteiger partial charge in [-0.1, -0.05) is 52.4 Å².